The van der Waals surface area contributed by atoms with E-state index in [0.29, 0.717) is 12.8 Å². The molecule has 0 saturated heterocycles. The molecule has 1 unspecified atom stereocenters. The summed E-state index contributed by atoms with van der Waals surface area (Å²) in [5, 5.41) is 0. The molecule has 1 aromatic rings. The second kappa shape index (κ2) is 17.3. The minimum absolute atomic E-state index is 0.00371. The molecule has 12 heteroatoms. The first-order chi connectivity index (χ1) is 22.9. The van der Waals surface area contributed by atoms with E-state index in [9.17, 15) is 33.6 Å². The van der Waals surface area contributed by atoms with Gasteiger partial charge in [-0.15, -0.1) is 0 Å². The van der Waals surface area contributed by atoms with Gasteiger partial charge in [0.25, 0.3) is 0 Å². The summed E-state index contributed by atoms with van der Waals surface area (Å²) >= 11 is 0. The van der Waals surface area contributed by atoms with Crippen molar-refractivity contribution in [3.05, 3.63) is 69.4 Å². The molecule has 1 aliphatic rings. The molecular weight excluding hydrogens is 636 g/mol. The Morgan fingerprint density at radius 2 is 1.31 bits per heavy atom. The highest BCUT2D eigenvalue weighted by atomic mass is 16.6. The zero-order chi connectivity index (χ0) is 37.2. The highest BCUT2D eigenvalue weighted by Gasteiger charge is 2.49. The van der Waals surface area contributed by atoms with Crippen molar-refractivity contribution in [3.63, 3.8) is 0 Å². The van der Waals surface area contributed by atoms with Gasteiger partial charge in [-0.1, -0.05) is 25.5 Å². The number of ether oxygens (including phenoxy) is 5. The Balaban J connectivity index is 3.26. The molecule has 0 radical (unpaired) electrons. The van der Waals surface area contributed by atoms with E-state index >= 15 is 0 Å². The third kappa shape index (κ3) is 10.2. The molecule has 49 heavy (non-hydrogen) atoms. The van der Waals surface area contributed by atoms with E-state index in [2.05, 4.69) is 0 Å². The van der Waals surface area contributed by atoms with Crippen LogP contribution in [0.2, 0.25) is 0 Å². The average molecular weight is 681 g/mol. The van der Waals surface area contributed by atoms with Crippen LogP contribution >= 0.6 is 0 Å². The summed E-state index contributed by atoms with van der Waals surface area (Å²) in [5.74, 6) is -6.20. The highest BCUT2D eigenvalue weighted by molar-refractivity contribution is 6.14. The standard InChI is InChI=1S/C37H44O12/c1-11-13-29(43)26-15-16-30(45-21(5)38)27(34(26)47-23(7)40)19-28-33(44)32(31(14-12-2)46-22(6)39)36(49-25(9)42)37(10,18-17-20(3)4)35(28)48-24(8)41/h14-17H,11-13,18-19H2,1-10H3/b31-14-. The van der Waals surface area contributed by atoms with Gasteiger partial charge in [0.2, 0.25) is 0 Å². The minimum Gasteiger partial charge on any atom is -0.430 e. The molecule has 0 saturated carbocycles. The lowest BCUT2D eigenvalue weighted by atomic mass is 9.71. The van der Waals surface area contributed by atoms with Crippen molar-refractivity contribution in [2.24, 2.45) is 5.41 Å². The summed E-state index contributed by atoms with van der Waals surface area (Å²) in [5.41, 5.74) is -1.26. The fraction of sp³-hybridized carbons (Fsp3) is 0.432. The first-order valence-electron chi connectivity index (χ1n) is 15.9. The first-order valence-corrected chi connectivity index (χ1v) is 15.9. The van der Waals surface area contributed by atoms with Crippen molar-refractivity contribution in [2.45, 2.75) is 101 Å². The molecule has 0 heterocycles. The van der Waals surface area contributed by atoms with Crippen molar-refractivity contribution in [1.29, 1.82) is 0 Å². The summed E-state index contributed by atoms with van der Waals surface area (Å²) in [6.45, 7) is 14.4. The number of hydrogen-bond donors (Lipinski definition) is 0. The molecule has 1 aromatic carbocycles. The maximum atomic E-state index is 14.8. The molecule has 0 bridgehead atoms. The number of carbonyl (C=O) groups is 7. The SMILES string of the molecule is CC/C=C(\OC(C)=O)C1=C(OC(C)=O)C(C)(CC=C(C)C)C(OC(C)=O)=C(Cc2c(OC(C)=O)ccc(C(=O)CCC)c2OC(C)=O)C1=O. The van der Waals surface area contributed by atoms with E-state index in [1.807, 2.05) is 13.8 Å². The van der Waals surface area contributed by atoms with Crippen LogP contribution in [-0.4, -0.2) is 41.4 Å². The van der Waals surface area contributed by atoms with Crippen LogP contribution in [0.4, 0.5) is 0 Å². The maximum absolute atomic E-state index is 14.8. The van der Waals surface area contributed by atoms with Crippen molar-refractivity contribution < 1.29 is 57.2 Å². The van der Waals surface area contributed by atoms with E-state index in [1.54, 1.807) is 26.8 Å². The summed E-state index contributed by atoms with van der Waals surface area (Å²) in [6, 6.07) is 2.70. The molecule has 0 aliphatic heterocycles. The van der Waals surface area contributed by atoms with E-state index in [1.165, 1.54) is 18.2 Å². The largest absolute Gasteiger partial charge is 0.430 e. The molecule has 0 aromatic heterocycles. The second-order valence-electron chi connectivity index (χ2n) is 11.9. The number of ketones is 2. The fourth-order valence-corrected chi connectivity index (χ4v) is 5.25. The lowest BCUT2D eigenvalue weighted by Crippen LogP contribution is -2.37. The molecule has 12 nitrogen and oxygen atoms in total. The van der Waals surface area contributed by atoms with E-state index in [4.69, 9.17) is 23.7 Å². The summed E-state index contributed by atoms with van der Waals surface area (Å²) in [7, 11) is 0. The van der Waals surface area contributed by atoms with Crippen LogP contribution in [0.5, 0.6) is 11.5 Å². The van der Waals surface area contributed by atoms with E-state index in [-0.39, 0.29) is 69.7 Å². The van der Waals surface area contributed by atoms with Gasteiger partial charge in [0, 0.05) is 58.6 Å². The highest BCUT2D eigenvalue weighted by Crippen LogP contribution is 2.51. The molecule has 0 N–H and O–H groups in total. The van der Waals surface area contributed by atoms with Crippen LogP contribution in [0.25, 0.3) is 0 Å². The van der Waals surface area contributed by atoms with Crippen LogP contribution in [0.1, 0.15) is 111 Å². The van der Waals surface area contributed by atoms with Gasteiger partial charge in [0.15, 0.2) is 11.6 Å². The molecule has 2 rings (SSSR count). The number of carbonyl (C=O) groups excluding carboxylic acids is 7. The number of esters is 5. The Kier molecular flexibility index (Phi) is 14.2. The van der Waals surface area contributed by atoms with Gasteiger partial charge in [-0.3, -0.25) is 33.6 Å². The third-order valence-electron chi connectivity index (χ3n) is 7.15. The Bertz CT molecular complexity index is 1680. The predicted octanol–water partition coefficient (Wildman–Crippen LogP) is 6.50. The van der Waals surface area contributed by atoms with Crippen LogP contribution in [0, 0.1) is 5.41 Å². The van der Waals surface area contributed by atoms with Gasteiger partial charge >= 0.3 is 29.8 Å². The summed E-state index contributed by atoms with van der Waals surface area (Å²) in [6.07, 6.45) is 3.62. The van der Waals surface area contributed by atoms with Gasteiger partial charge in [-0.2, -0.15) is 0 Å². The van der Waals surface area contributed by atoms with Crippen molar-refractivity contribution in [2.75, 3.05) is 0 Å². The van der Waals surface area contributed by atoms with Gasteiger partial charge in [0.1, 0.15) is 34.3 Å². The van der Waals surface area contributed by atoms with Crippen LogP contribution in [0.3, 0.4) is 0 Å². The molecule has 0 amide bonds. The molecule has 0 spiro atoms. The van der Waals surface area contributed by atoms with Crippen LogP contribution in [-0.2, 0) is 49.4 Å². The Morgan fingerprint density at radius 3 is 1.80 bits per heavy atom. The number of hydrogen-bond acceptors (Lipinski definition) is 12. The van der Waals surface area contributed by atoms with Gasteiger partial charge < -0.3 is 23.7 Å². The number of allylic oxidation sites excluding steroid dienone is 5. The monoisotopic (exact) mass is 680 g/mol. The average Bonchev–Trinajstić information content (AvgIpc) is 2.96. The number of rotatable bonds is 14. The predicted molar refractivity (Wildman–Crippen MR) is 177 cm³/mol. The molecular formula is C37H44O12. The lowest BCUT2D eigenvalue weighted by Gasteiger charge is -2.38. The minimum atomic E-state index is -1.56. The quantitative estimate of drug-likeness (QED) is 0.0524. The Hall–Kier alpha value is -5.13. The molecule has 264 valence electrons. The zero-order valence-electron chi connectivity index (χ0n) is 29.7. The number of benzene rings is 1. The van der Waals surface area contributed by atoms with Gasteiger partial charge in [-0.25, -0.2) is 0 Å². The first kappa shape index (κ1) is 40.0. The van der Waals surface area contributed by atoms with Crippen LogP contribution in [0.15, 0.2) is 58.3 Å². The van der Waals surface area contributed by atoms with Crippen molar-refractivity contribution in [1.82, 2.24) is 0 Å². The Morgan fingerprint density at radius 1 is 0.735 bits per heavy atom. The van der Waals surface area contributed by atoms with Crippen molar-refractivity contribution in [3.8, 4) is 11.5 Å². The number of Topliss-reactive ketones (excluding diaryl/α,β-unsaturated/α-hetero) is 2. The molecule has 1 aliphatic carbocycles. The maximum Gasteiger partial charge on any atom is 0.308 e. The Labute approximate surface area is 286 Å². The smallest absolute Gasteiger partial charge is 0.308 e. The van der Waals surface area contributed by atoms with E-state index < -0.39 is 47.5 Å². The third-order valence-corrected chi connectivity index (χ3v) is 7.15. The normalized spacial score (nSPS) is 16.1. The van der Waals surface area contributed by atoms with Gasteiger partial charge in [-0.05, 0) is 58.2 Å². The molecule has 1 atom stereocenters. The fourth-order valence-electron chi connectivity index (χ4n) is 5.25. The van der Waals surface area contributed by atoms with Crippen LogP contribution < -0.4 is 9.47 Å². The second-order valence-corrected chi connectivity index (χ2v) is 11.9. The lowest BCUT2D eigenvalue weighted by molar-refractivity contribution is -0.141. The summed E-state index contributed by atoms with van der Waals surface area (Å²) in [4.78, 5) is 90.3. The van der Waals surface area contributed by atoms with Crippen molar-refractivity contribution >= 4 is 41.4 Å². The van der Waals surface area contributed by atoms with Gasteiger partial charge in [0.05, 0.1) is 11.0 Å². The molecule has 0 fully saturated rings. The summed E-state index contributed by atoms with van der Waals surface area (Å²) < 4.78 is 28.0. The zero-order valence-corrected chi connectivity index (χ0v) is 29.7. The van der Waals surface area contributed by atoms with E-state index in [0.717, 1.165) is 40.2 Å². The topological polar surface area (TPSA) is 166 Å².